The summed E-state index contributed by atoms with van der Waals surface area (Å²) in [6, 6.07) is -0.608. The van der Waals surface area contributed by atoms with Gasteiger partial charge in [-0.3, -0.25) is 4.79 Å². The summed E-state index contributed by atoms with van der Waals surface area (Å²) in [6.07, 6.45) is 0.629. The number of amides is 1. The van der Waals surface area contributed by atoms with Gasteiger partial charge in [-0.25, -0.2) is 0 Å². The molecule has 5 heteroatoms. The maximum Gasteiger partial charge on any atom is 0.241 e. The Balaban J connectivity index is 4.23. The summed E-state index contributed by atoms with van der Waals surface area (Å²) in [5.74, 6) is -0.0668. The van der Waals surface area contributed by atoms with Crippen LogP contribution >= 0.6 is 0 Å². The van der Waals surface area contributed by atoms with E-state index in [2.05, 4.69) is 5.32 Å². The van der Waals surface area contributed by atoms with Crippen molar-refractivity contribution >= 4 is 5.91 Å². The molecule has 0 fully saturated rings. The quantitative estimate of drug-likeness (QED) is 0.657. The summed E-state index contributed by atoms with van der Waals surface area (Å²) in [5, 5.41) is 3.05. The number of hydrogen-bond donors (Lipinski definition) is 2. The molecule has 108 valence electrons. The largest absolute Gasteiger partial charge is 0.371 e. The van der Waals surface area contributed by atoms with Crippen LogP contribution in [0.4, 0.5) is 0 Å². The van der Waals surface area contributed by atoms with E-state index < -0.39 is 6.04 Å². The highest BCUT2D eigenvalue weighted by Crippen LogP contribution is 2.13. The monoisotopic (exact) mass is 259 g/mol. The van der Waals surface area contributed by atoms with Gasteiger partial charge in [0, 0.05) is 13.6 Å². The van der Waals surface area contributed by atoms with Gasteiger partial charge in [0.2, 0.25) is 5.91 Å². The van der Waals surface area contributed by atoms with Crippen LogP contribution < -0.4 is 11.1 Å². The van der Waals surface area contributed by atoms with Crippen molar-refractivity contribution in [1.29, 1.82) is 0 Å². The summed E-state index contributed by atoms with van der Waals surface area (Å²) in [5.41, 5.74) is 5.65. The molecule has 0 radical (unpaired) electrons. The Hall–Kier alpha value is -0.650. The van der Waals surface area contributed by atoms with Crippen LogP contribution in [-0.4, -0.2) is 55.7 Å². The molecular weight excluding hydrogens is 230 g/mol. The molecule has 0 unspecified atom stereocenters. The highest BCUT2D eigenvalue weighted by Gasteiger charge is 2.27. The van der Waals surface area contributed by atoms with Gasteiger partial charge in [0.25, 0.3) is 0 Å². The SMILES string of the molecule is CNCCCN(C)C(=O)[C@@H](N)[C@@H](C)OC(C)(C)C. The van der Waals surface area contributed by atoms with Gasteiger partial charge in [0.15, 0.2) is 0 Å². The summed E-state index contributed by atoms with van der Waals surface area (Å²) >= 11 is 0. The lowest BCUT2D eigenvalue weighted by Gasteiger charge is -2.30. The summed E-state index contributed by atoms with van der Waals surface area (Å²) in [7, 11) is 3.68. The number of likely N-dealkylation sites (N-methyl/N-ethyl adjacent to an activating group) is 1. The van der Waals surface area contributed by atoms with E-state index in [0.717, 1.165) is 13.0 Å². The molecule has 5 nitrogen and oxygen atoms in total. The third-order valence-corrected chi connectivity index (χ3v) is 2.63. The number of nitrogens with one attached hydrogen (secondary N) is 1. The van der Waals surface area contributed by atoms with Crippen molar-refractivity contribution in [2.45, 2.75) is 51.9 Å². The Bertz CT molecular complexity index is 251. The van der Waals surface area contributed by atoms with Gasteiger partial charge in [0.05, 0.1) is 11.7 Å². The topological polar surface area (TPSA) is 67.6 Å². The minimum atomic E-state index is -0.608. The molecule has 3 N–H and O–H groups in total. The fraction of sp³-hybridized carbons (Fsp3) is 0.923. The zero-order valence-corrected chi connectivity index (χ0v) is 12.6. The van der Waals surface area contributed by atoms with Gasteiger partial charge in [0.1, 0.15) is 6.04 Å². The van der Waals surface area contributed by atoms with Crippen LogP contribution in [0.15, 0.2) is 0 Å². The summed E-state index contributed by atoms with van der Waals surface area (Å²) in [6.45, 7) is 9.30. The van der Waals surface area contributed by atoms with Crippen molar-refractivity contribution in [2.75, 3.05) is 27.2 Å². The molecule has 0 aliphatic carbocycles. The molecule has 0 heterocycles. The lowest BCUT2D eigenvalue weighted by molar-refractivity contribution is -0.138. The predicted molar refractivity (Wildman–Crippen MR) is 74.5 cm³/mol. The molecule has 0 spiro atoms. The Kier molecular flexibility index (Phi) is 7.43. The van der Waals surface area contributed by atoms with E-state index >= 15 is 0 Å². The van der Waals surface area contributed by atoms with Gasteiger partial charge >= 0.3 is 0 Å². The third kappa shape index (κ3) is 6.93. The molecule has 0 saturated carbocycles. The van der Waals surface area contributed by atoms with Gasteiger partial charge in [-0.15, -0.1) is 0 Å². The van der Waals surface area contributed by atoms with Crippen LogP contribution in [-0.2, 0) is 9.53 Å². The van der Waals surface area contributed by atoms with Crippen molar-refractivity contribution in [1.82, 2.24) is 10.2 Å². The van der Waals surface area contributed by atoms with E-state index in [4.69, 9.17) is 10.5 Å². The molecule has 18 heavy (non-hydrogen) atoms. The lowest BCUT2D eigenvalue weighted by Crippen LogP contribution is -2.50. The summed E-state index contributed by atoms with van der Waals surface area (Å²) < 4.78 is 5.71. The number of hydrogen-bond acceptors (Lipinski definition) is 4. The van der Waals surface area contributed by atoms with Crippen molar-refractivity contribution in [2.24, 2.45) is 5.73 Å². The van der Waals surface area contributed by atoms with Gasteiger partial charge in [-0.1, -0.05) is 0 Å². The fourth-order valence-corrected chi connectivity index (χ4v) is 1.69. The standard InChI is InChI=1S/C13H29N3O2/c1-10(18-13(2,3)4)11(14)12(17)16(6)9-7-8-15-5/h10-11,15H,7-9,14H2,1-6H3/t10-,11+/m1/s1. The third-order valence-electron chi connectivity index (χ3n) is 2.63. The van der Waals surface area contributed by atoms with Crippen molar-refractivity contribution < 1.29 is 9.53 Å². The van der Waals surface area contributed by atoms with E-state index in [1.165, 1.54) is 0 Å². The molecule has 0 saturated heterocycles. The smallest absolute Gasteiger partial charge is 0.241 e. The molecule has 0 aromatic carbocycles. The molecular formula is C13H29N3O2. The molecule has 0 rings (SSSR count). The molecule has 0 aliphatic heterocycles. The minimum Gasteiger partial charge on any atom is -0.371 e. The Morgan fingerprint density at radius 2 is 2.00 bits per heavy atom. The summed E-state index contributed by atoms with van der Waals surface area (Å²) in [4.78, 5) is 13.7. The number of carbonyl (C=O) groups excluding carboxylic acids is 1. The molecule has 0 aromatic rings. The van der Waals surface area contributed by atoms with Crippen LogP contribution in [0.5, 0.6) is 0 Å². The maximum atomic E-state index is 12.1. The Labute approximate surface area is 111 Å². The lowest BCUT2D eigenvalue weighted by atomic mass is 10.1. The van der Waals surface area contributed by atoms with Crippen LogP contribution in [0.25, 0.3) is 0 Å². The van der Waals surface area contributed by atoms with E-state index in [-0.39, 0.29) is 17.6 Å². The van der Waals surface area contributed by atoms with Gasteiger partial charge < -0.3 is 20.7 Å². The zero-order chi connectivity index (χ0) is 14.3. The van der Waals surface area contributed by atoms with Crippen LogP contribution in [0.1, 0.15) is 34.1 Å². The second-order valence-corrected chi connectivity index (χ2v) is 5.68. The second-order valence-electron chi connectivity index (χ2n) is 5.68. The Morgan fingerprint density at radius 1 is 1.44 bits per heavy atom. The fourth-order valence-electron chi connectivity index (χ4n) is 1.69. The molecule has 2 atom stereocenters. The predicted octanol–water partition coefficient (Wildman–Crippen LogP) is 0.585. The number of ether oxygens (including phenoxy) is 1. The number of rotatable bonds is 7. The van der Waals surface area contributed by atoms with E-state index in [0.29, 0.717) is 6.54 Å². The maximum absolute atomic E-state index is 12.1. The van der Waals surface area contributed by atoms with Crippen LogP contribution in [0, 0.1) is 0 Å². The first-order valence-electron chi connectivity index (χ1n) is 6.52. The molecule has 0 aromatic heterocycles. The van der Waals surface area contributed by atoms with Gasteiger partial charge in [-0.2, -0.15) is 0 Å². The molecule has 0 aliphatic rings. The number of nitrogens with two attached hydrogens (primary N) is 1. The van der Waals surface area contributed by atoms with Crippen molar-refractivity contribution in [3.63, 3.8) is 0 Å². The van der Waals surface area contributed by atoms with Crippen molar-refractivity contribution in [3.05, 3.63) is 0 Å². The van der Waals surface area contributed by atoms with Crippen LogP contribution in [0.3, 0.4) is 0 Å². The van der Waals surface area contributed by atoms with Crippen molar-refractivity contribution in [3.8, 4) is 0 Å². The second kappa shape index (κ2) is 7.71. The number of carbonyl (C=O) groups is 1. The van der Waals surface area contributed by atoms with E-state index in [1.54, 1.807) is 11.9 Å². The molecule has 0 bridgehead atoms. The highest BCUT2D eigenvalue weighted by molar-refractivity contribution is 5.82. The van der Waals surface area contributed by atoms with Crippen LogP contribution in [0.2, 0.25) is 0 Å². The first-order valence-corrected chi connectivity index (χ1v) is 6.52. The highest BCUT2D eigenvalue weighted by atomic mass is 16.5. The van der Waals surface area contributed by atoms with Gasteiger partial charge in [-0.05, 0) is 47.7 Å². The normalized spacial score (nSPS) is 15.3. The first kappa shape index (κ1) is 17.4. The minimum absolute atomic E-state index is 0.0668. The zero-order valence-electron chi connectivity index (χ0n) is 12.6. The number of nitrogens with zero attached hydrogens (tertiary/aromatic N) is 1. The average molecular weight is 259 g/mol. The average Bonchev–Trinajstić information content (AvgIpc) is 2.24. The van der Waals surface area contributed by atoms with E-state index in [1.807, 2.05) is 34.7 Å². The van der Waals surface area contributed by atoms with E-state index in [9.17, 15) is 4.79 Å². The molecule has 1 amide bonds. The Morgan fingerprint density at radius 3 is 2.44 bits per heavy atom. The first-order chi connectivity index (χ1) is 8.19.